The maximum atomic E-state index is 9.87. The van der Waals surface area contributed by atoms with Crippen LogP contribution in [0.25, 0.3) is 11.1 Å². The molecule has 0 aliphatic carbocycles. The SMILES string of the molecule is CCN1CCN(c2ccc(/C(=C(/CCCO)c3ccccc3)c3ccc(O)cc3)cc2)CC1.Cl.Cl. The molecule has 4 rings (SSSR count). The zero-order valence-corrected chi connectivity index (χ0v) is 21.9. The molecular formula is C29H36Cl2N2O2. The normalized spacial score (nSPS) is 14.5. The minimum Gasteiger partial charge on any atom is -0.508 e. The van der Waals surface area contributed by atoms with Crippen molar-refractivity contribution in [3.8, 4) is 5.75 Å². The van der Waals surface area contributed by atoms with Crippen LogP contribution in [0.2, 0.25) is 0 Å². The summed E-state index contributed by atoms with van der Waals surface area (Å²) in [5.74, 6) is 0.260. The van der Waals surface area contributed by atoms with Crippen molar-refractivity contribution >= 4 is 41.6 Å². The van der Waals surface area contributed by atoms with E-state index in [1.54, 1.807) is 12.1 Å². The van der Waals surface area contributed by atoms with E-state index in [4.69, 9.17) is 0 Å². The highest BCUT2D eigenvalue weighted by atomic mass is 35.5. The summed E-state index contributed by atoms with van der Waals surface area (Å²) in [7, 11) is 0. The molecule has 1 saturated heterocycles. The van der Waals surface area contributed by atoms with Gasteiger partial charge in [-0.25, -0.2) is 0 Å². The molecule has 6 heteroatoms. The number of hydrogen-bond donors (Lipinski definition) is 2. The molecule has 0 atom stereocenters. The zero-order chi connectivity index (χ0) is 23.0. The molecule has 4 nitrogen and oxygen atoms in total. The lowest BCUT2D eigenvalue weighted by Gasteiger charge is -2.35. The van der Waals surface area contributed by atoms with E-state index in [1.807, 2.05) is 18.2 Å². The van der Waals surface area contributed by atoms with Gasteiger partial charge in [0.1, 0.15) is 5.75 Å². The van der Waals surface area contributed by atoms with E-state index >= 15 is 0 Å². The Morgan fingerprint density at radius 1 is 0.743 bits per heavy atom. The van der Waals surface area contributed by atoms with Crippen LogP contribution in [-0.2, 0) is 0 Å². The first-order chi connectivity index (χ1) is 16.2. The summed E-state index contributed by atoms with van der Waals surface area (Å²) in [5.41, 5.74) is 6.99. The van der Waals surface area contributed by atoms with E-state index in [1.165, 1.54) is 11.3 Å². The van der Waals surface area contributed by atoms with E-state index in [9.17, 15) is 10.2 Å². The molecule has 1 fully saturated rings. The molecule has 188 valence electrons. The van der Waals surface area contributed by atoms with Crippen molar-refractivity contribution in [2.75, 3.05) is 44.2 Å². The average Bonchev–Trinajstić information content (AvgIpc) is 2.88. The van der Waals surface area contributed by atoms with Crippen LogP contribution in [-0.4, -0.2) is 54.4 Å². The number of aromatic hydroxyl groups is 1. The van der Waals surface area contributed by atoms with Crippen LogP contribution in [0, 0.1) is 0 Å². The number of phenolic OH excluding ortho intramolecular Hbond substituents is 1. The Morgan fingerprint density at radius 2 is 1.31 bits per heavy atom. The minimum absolute atomic E-state index is 0. The summed E-state index contributed by atoms with van der Waals surface area (Å²) in [5, 5.41) is 19.4. The van der Waals surface area contributed by atoms with Gasteiger partial charge in [-0.2, -0.15) is 0 Å². The van der Waals surface area contributed by atoms with Crippen molar-refractivity contribution in [1.82, 2.24) is 4.90 Å². The van der Waals surface area contributed by atoms with E-state index in [-0.39, 0.29) is 37.2 Å². The maximum Gasteiger partial charge on any atom is 0.115 e. The molecule has 2 N–H and O–H groups in total. The van der Waals surface area contributed by atoms with Gasteiger partial charge >= 0.3 is 0 Å². The number of aliphatic hydroxyl groups is 1. The number of aliphatic hydroxyl groups excluding tert-OH is 1. The molecule has 35 heavy (non-hydrogen) atoms. The molecule has 0 radical (unpaired) electrons. The lowest BCUT2D eigenvalue weighted by atomic mass is 9.87. The number of likely N-dealkylation sites (N-methyl/N-ethyl adjacent to an activating group) is 1. The molecule has 3 aromatic rings. The monoisotopic (exact) mass is 514 g/mol. The highest BCUT2D eigenvalue weighted by molar-refractivity contribution is 5.98. The third kappa shape index (κ3) is 7.25. The Balaban J connectivity index is 0.00000216. The first kappa shape index (κ1) is 28.7. The number of piperazine rings is 1. The van der Waals surface area contributed by atoms with Crippen molar-refractivity contribution in [2.24, 2.45) is 0 Å². The van der Waals surface area contributed by atoms with Crippen LogP contribution in [0.5, 0.6) is 5.75 Å². The van der Waals surface area contributed by atoms with Gasteiger partial charge in [-0.05, 0) is 71.5 Å². The summed E-state index contributed by atoms with van der Waals surface area (Å²) >= 11 is 0. The number of halogens is 2. The number of allylic oxidation sites excluding steroid dienone is 1. The lowest BCUT2D eigenvalue weighted by molar-refractivity contribution is 0.271. The molecular weight excluding hydrogens is 479 g/mol. The van der Waals surface area contributed by atoms with E-state index in [2.05, 4.69) is 65.3 Å². The van der Waals surface area contributed by atoms with E-state index < -0.39 is 0 Å². The predicted molar refractivity (Wildman–Crippen MR) is 152 cm³/mol. The fraction of sp³-hybridized carbons (Fsp3) is 0.310. The van der Waals surface area contributed by atoms with Crippen molar-refractivity contribution < 1.29 is 10.2 Å². The summed E-state index contributed by atoms with van der Waals surface area (Å²) in [6, 6.07) is 26.7. The number of phenols is 1. The summed E-state index contributed by atoms with van der Waals surface area (Å²) in [6.07, 6.45) is 1.48. The van der Waals surface area contributed by atoms with Crippen LogP contribution in [0.4, 0.5) is 5.69 Å². The Labute approximate surface area is 221 Å². The van der Waals surface area contributed by atoms with Gasteiger partial charge < -0.3 is 20.0 Å². The molecule has 1 aliphatic heterocycles. The van der Waals surface area contributed by atoms with Crippen molar-refractivity contribution in [2.45, 2.75) is 19.8 Å². The van der Waals surface area contributed by atoms with Crippen molar-refractivity contribution in [3.63, 3.8) is 0 Å². The highest BCUT2D eigenvalue weighted by Crippen LogP contribution is 2.36. The average molecular weight is 516 g/mol. The lowest BCUT2D eigenvalue weighted by Crippen LogP contribution is -2.46. The highest BCUT2D eigenvalue weighted by Gasteiger charge is 2.18. The molecule has 1 heterocycles. The Kier molecular flexibility index (Phi) is 11.6. The zero-order valence-electron chi connectivity index (χ0n) is 20.3. The second-order valence-electron chi connectivity index (χ2n) is 8.56. The van der Waals surface area contributed by atoms with Gasteiger partial charge in [0.15, 0.2) is 0 Å². The third-order valence-corrected chi connectivity index (χ3v) is 6.51. The predicted octanol–water partition coefficient (Wildman–Crippen LogP) is 6.11. The van der Waals surface area contributed by atoms with Gasteiger partial charge in [0.25, 0.3) is 0 Å². The molecule has 0 spiro atoms. The Hall–Kier alpha value is -2.50. The quantitative estimate of drug-likeness (QED) is 0.356. The van der Waals surface area contributed by atoms with Crippen LogP contribution in [0.15, 0.2) is 78.9 Å². The van der Waals surface area contributed by atoms with Crippen molar-refractivity contribution in [3.05, 3.63) is 95.6 Å². The molecule has 0 aromatic heterocycles. The number of benzene rings is 3. The largest absolute Gasteiger partial charge is 0.508 e. The Bertz CT molecular complexity index is 1050. The van der Waals surface area contributed by atoms with Crippen molar-refractivity contribution in [1.29, 1.82) is 0 Å². The van der Waals surface area contributed by atoms with E-state index in [0.717, 1.165) is 61.4 Å². The number of rotatable bonds is 8. The fourth-order valence-corrected chi connectivity index (χ4v) is 4.61. The molecule has 0 saturated carbocycles. The van der Waals surface area contributed by atoms with E-state index in [0.29, 0.717) is 6.42 Å². The first-order valence-corrected chi connectivity index (χ1v) is 12.0. The number of hydrogen-bond acceptors (Lipinski definition) is 4. The first-order valence-electron chi connectivity index (χ1n) is 12.0. The van der Waals surface area contributed by atoms with Gasteiger partial charge in [-0.1, -0.05) is 61.5 Å². The van der Waals surface area contributed by atoms with Crippen LogP contribution < -0.4 is 4.90 Å². The standard InChI is InChI=1S/C29H34N2O2.2ClH/c1-2-30-18-20-31(21-19-30)26-14-10-24(11-15-26)29(25-12-16-27(33)17-13-25)28(9-6-22-32)23-7-4-3-5-8-23;;/h3-5,7-8,10-17,32-33H,2,6,9,18-22H2,1H3;2*1H/b29-28+;;. The molecule has 0 amide bonds. The smallest absolute Gasteiger partial charge is 0.115 e. The number of anilines is 1. The minimum atomic E-state index is 0. The summed E-state index contributed by atoms with van der Waals surface area (Å²) < 4.78 is 0. The molecule has 0 bridgehead atoms. The fourth-order valence-electron chi connectivity index (χ4n) is 4.61. The summed E-state index contributed by atoms with van der Waals surface area (Å²) in [4.78, 5) is 4.95. The summed E-state index contributed by atoms with van der Waals surface area (Å²) in [6.45, 7) is 7.82. The van der Waals surface area contributed by atoms with Gasteiger partial charge in [0, 0.05) is 38.5 Å². The topological polar surface area (TPSA) is 46.9 Å². The molecule has 0 unspecified atom stereocenters. The van der Waals surface area contributed by atoms with Crippen LogP contribution in [0.1, 0.15) is 36.5 Å². The van der Waals surface area contributed by atoms with Gasteiger partial charge in [0.05, 0.1) is 0 Å². The molecule has 1 aliphatic rings. The number of nitrogens with zero attached hydrogens (tertiary/aromatic N) is 2. The Morgan fingerprint density at radius 3 is 1.86 bits per heavy atom. The second kappa shape index (κ2) is 14.2. The van der Waals surface area contributed by atoms with Gasteiger partial charge in [-0.3, -0.25) is 0 Å². The maximum absolute atomic E-state index is 9.87. The third-order valence-electron chi connectivity index (χ3n) is 6.51. The second-order valence-corrected chi connectivity index (χ2v) is 8.56. The van der Waals surface area contributed by atoms with Crippen LogP contribution in [0.3, 0.4) is 0 Å². The van der Waals surface area contributed by atoms with Crippen LogP contribution >= 0.6 is 24.8 Å². The van der Waals surface area contributed by atoms with Gasteiger partial charge in [-0.15, -0.1) is 24.8 Å². The molecule has 3 aromatic carbocycles. The van der Waals surface area contributed by atoms with Gasteiger partial charge in [0.2, 0.25) is 0 Å².